The van der Waals surface area contributed by atoms with Crippen molar-refractivity contribution >= 4 is 21.6 Å². The molecule has 0 amide bonds. The summed E-state index contributed by atoms with van der Waals surface area (Å²) in [5, 5.41) is 1.77. The molecule has 3 rings (SSSR count). The maximum absolute atomic E-state index is 12.9. The highest BCUT2D eigenvalue weighted by atomic mass is 32.1. The van der Waals surface area contributed by atoms with E-state index in [2.05, 4.69) is 9.97 Å². The maximum Gasteiger partial charge on any atom is 0.326 e. The Kier molecular flexibility index (Phi) is 2.38. The van der Waals surface area contributed by atoms with Gasteiger partial charge in [-0.2, -0.15) is 0 Å². The predicted octanol–water partition coefficient (Wildman–Crippen LogP) is 2.08. The second-order valence-corrected chi connectivity index (χ2v) is 4.65. The molecule has 0 aliphatic carbocycles. The van der Waals surface area contributed by atoms with Crippen LogP contribution in [0.1, 0.15) is 0 Å². The van der Waals surface area contributed by atoms with E-state index in [4.69, 9.17) is 0 Å². The normalized spacial score (nSPS) is 10.9. The fourth-order valence-electron chi connectivity index (χ4n) is 1.80. The maximum atomic E-state index is 12.9. The largest absolute Gasteiger partial charge is 0.326 e. The zero-order valence-corrected chi connectivity index (χ0v) is 9.81. The highest BCUT2D eigenvalue weighted by Crippen LogP contribution is 2.29. The summed E-state index contributed by atoms with van der Waals surface area (Å²) in [6, 6.07) is 5.89. The third-order valence-corrected chi connectivity index (χ3v) is 3.60. The third-order valence-electron chi connectivity index (χ3n) is 2.62. The molecule has 0 saturated carbocycles. The van der Waals surface area contributed by atoms with Crippen LogP contribution in [0.15, 0.2) is 39.2 Å². The smallest absolute Gasteiger partial charge is 0.305 e. The summed E-state index contributed by atoms with van der Waals surface area (Å²) < 4.78 is 13.3. The molecule has 0 atom stereocenters. The first-order valence-corrected chi connectivity index (χ1v) is 6.03. The van der Waals surface area contributed by atoms with Crippen LogP contribution in [-0.2, 0) is 0 Å². The standard InChI is InChI=1S/C12H7FN2O2S/c13-7-3-1-6(2-4-7)8-5-18-10-9(8)14-12(17)15-11(10)16/h1-5H,(H2,14,15,16,17). The summed E-state index contributed by atoms with van der Waals surface area (Å²) in [4.78, 5) is 27.6. The van der Waals surface area contributed by atoms with Crippen molar-refractivity contribution in [3.05, 3.63) is 56.3 Å². The summed E-state index contributed by atoms with van der Waals surface area (Å²) in [5.74, 6) is -0.329. The number of rotatable bonds is 1. The van der Waals surface area contributed by atoms with E-state index in [1.54, 1.807) is 17.5 Å². The molecule has 0 spiro atoms. The van der Waals surface area contributed by atoms with Gasteiger partial charge in [-0.15, -0.1) is 11.3 Å². The van der Waals surface area contributed by atoms with E-state index >= 15 is 0 Å². The van der Waals surface area contributed by atoms with Gasteiger partial charge < -0.3 is 4.98 Å². The van der Waals surface area contributed by atoms with E-state index in [0.29, 0.717) is 10.2 Å². The number of H-pyrrole nitrogens is 2. The van der Waals surface area contributed by atoms with Crippen molar-refractivity contribution < 1.29 is 4.39 Å². The summed E-state index contributed by atoms with van der Waals surface area (Å²) in [5.41, 5.74) is 1.00. The zero-order valence-electron chi connectivity index (χ0n) is 8.99. The molecule has 0 aliphatic rings. The topological polar surface area (TPSA) is 65.7 Å². The minimum Gasteiger partial charge on any atom is -0.305 e. The molecule has 3 aromatic rings. The minimum absolute atomic E-state index is 0.329. The van der Waals surface area contributed by atoms with Crippen LogP contribution >= 0.6 is 11.3 Å². The number of hydrogen-bond acceptors (Lipinski definition) is 3. The van der Waals surface area contributed by atoms with Crippen molar-refractivity contribution in [1.29, 1.82) is 0 Å². The number of benzene rings is 1. The van der Waals surface area contributed by atoms with Gasteiger partial charge >= 0.3 is 5.69 Å². The number of thiophene rings is 1. The average molecular weight is 262 g/mol. The molecule has 18 heavy (non-hydrogen) atoms. The lowest BCUT2D eigenvalue weighted by atomic mass is 10.1. The zero-order chi connectivity index (χ0) is 12.7. The number of hydrogen-bond donors (Lipinski definition) is 2. The van der Waals surface area contributed by atoms with Crippen molar-refractivity contribution in [3.8, 4) is 11.1 Å². The molecule has 1 aromatic carbocycles. The summed E-state index contributed by atoms with van der Waals surface area (Å²) >= 11 is 1.24. The van der Waals surface area contributed by atoms with Gasteiger partial charge in [0.1, 0.15) is 10.5 Å². The molecule has 2 aromatic heterocycles. The van der Waals surface area contributed by atoms with Gasteiger partial charge in [-0.3, -0.25) is 9.78 Å². The Bertz CT molecular complexity index is 830. The van der Waals surface area contributed by atoms with E-state index in [9.17, 15) is 14.0 Å². The molecule has 0 radical (unpaired) electrons. The van der Waals surface area contributed by atoms with Gasteiger partial charge in [0, 0.05) is 10.9 Å². The minimum atomic E-state index is -0.547. The summed E-state index contributed by atoms with van der Waals surface area (Å²) in [6.45, 7) is 0. The Labute approximate surface area is 104 Å². The third kappa shape index (κ3) is 1.67. The van der Waals surface area contributed by atoms with Crippen molar-refractivity contribution in [2.45, 2.75) is 0 Å². The quantitative estimate of drug-likeness (QED) is 0.705. The van der Waals surface area contributed by atoms with E-state index in [1.807, 2.05) is 0 Å². The van der Waals surface area contributed by atoms with E-state index in [1.165, 1.54) is 23.5 Å². The highest BCUT2D eigenvalue weighted by molar-refractivity contribution is 7.17. The van der Waals surface area contributed by atoms with Crippen molar-refractivity contribution in [2.75, 3.05) is 0 Å². The molecular formula is C12H7FN2O2S. The van der Waals surface area contributed by atoms with Gasteiger partial charge in [-0.1, -0.05) is 12.1 Å². The van der Waals surface area contributed by atoms with Crippen molar-refractivity contribution in [2.24, 2.45) is 0 Å². The van der Waals surface area contributed by atoms with Crippen LogP contribution in [-0.4, -0.2) is 9.97 Å². The monoisotopic (exact) mass is 262 g/mol. The van der Waals surface area contributed by atoms with Crippen LogP contribution < -0.4 is 11.2 Å². The first-order chi connectivity index (χ1) is 8.65. The van der Waals surface area contributed by atoms with Gasteiger partial charge in [-0.25, -0.2) is 9.18 Å². The first kappa shape index (κ1) is 10.9. The molecule has 4 nitrogen and oxygen atoms in total. The average Bonchev–Trinajstić information content (AvgIpc) is 2.74. The van der Waals surface area contributed by atoms with Gasteiger partial charge in [-0.05, 0) is 17.7 Å². The molecule has 6 heteroatoms. The molecule has 0 aliphatic heterocycles. The van der Waals surface area contributed by atoms with E-state index in [-0.39, 0.29) is 5.82 Å². The number of halogens is 1. The predicted molar refractivity (Wildman–Crippen MR) is 68.5 cm³/mol. The lowest BCUT2D eigenvalue weighted by Crippen LogP contribution is -2.20. The van der Waals surface area contributed by atoms with Gasteiger partial charge in [0.05, 0.1) is 5.52 Å². The Hall–Kier alpha value is -2.21. The van der Waals surface area contributed by atoms with Gasteiger partial charge in [0.15, 0.2) is 0 Å². The summed E-state index contributed by atoms with van der Waals surface area (Å²) in [7, 11) is 0. The fourth-order valence-corrected chi connectivity index (χ4v) is 2.72. The second kappa shape index (κ2) is 3.92. The fraction of sp³-hybridized carbons (Fsp3) is 0. The molecule has 2 N–H and O–H groups in total. The Morgan fingerprint density at radius 3 is 2.50 bits per heavy atom. The lowest BCUT2D eigenvalue weighted by Gasteiger charge is -1.99. The molecular weight excluding hydrogens is 255 g/mol. The lowest BCUT2D eigenvalue weighted by molar-refractivity contribution is 0.628. The Morgan fingerprint density at radius 2 is 1.78 bits per heavy atom. The molecule has 90 valence electrons. The second-order valence-electron chi connectivity index (χ2n) is 3.77. The van der Waals surface area contributed by atoms with Crippen LogP contribution in [0.4, 0.5) is 4.39 Å². The number of aromatic nitrogens is 2. The van der Waals surface area contributed by atoms with E-state index in [0.717, 1.165) is 11.1 Å². The Balaban J connectivity index is 2.33. The Morgan fingerprint density at radius 1 is 1.06 bits per heavy atom. The van der Waals surface area contributed by atoms with Crippen LogP contribution in [0.2, 0.25) is 0 Å². The van der Waals surface area contributed by atoms with Crippen molar-refractivity contribution in [1.82, 2.24) is 9.97 Å². The highest BCUT2D eigenvalue weighted by Gasteiger charge is 2.10. The van der Waals surface area contributed by atoms with Crippen molar-refractivity contribution in [3.63, 3.8) is 0 Å². The molecule has 0 bridgehead atoms. The number of nitrogens with one attached hydrogen (secondary N) is 2. The van der Waals surface area contributed by atoms with Crippen LogP contribution in [0.3, 0.4) is 0 Å². The summed E-state index contributed by atoms with van der Waals surface area (Å²) in [6.07, 6.45) is 0. The van der Waals surface area contributed by atoms with Crippen LogP contribution in [0.25, 0.3) is 21.3 Å². The van der Waals surface area contributed by atoms with Gasteiger partial charge in [0.25, 0.3) is 5.56 Å². The molecule has 0 unspecified atom stereocenters. The molecule has 0 fully saturated rings. The first-order valence-electron chi connectivity index (χ1n) is 5.15. The number of aromatic amines is 2. The molecule has 0 saturated heterocycles. The van der Waals surface area contributed by atoms with Crippen LogP contribution in [0, 0.1) is 5.82 Å². The van der Waals surface area contributed by atoms with Gasteiger partial charge in [0.2, 0.25) is 0 Å². The number of fused-ring (bicyclic) bond motifs is 1. The molecule has 2 heterocycles. The van der Waals surface area contributed by atoms with Crippen LogP contribution in [0.5, 0.6) is 0 Å². The van der Waals surface area contributed by atoms with E-state index < -0.39 is 11.2 Å². The SMILES string of the molecule is O=c1[nH]c(=O)c2scc(-c3ccc(F)cc3)c2[nH]1.